The van der Waals surface area contributed by atoms with Gasteiger partial charge in [-0.05, 0) is 40.4 Å². The molecule has 1 aromatic rings. The van der Waals surface area contributed by atoms with E-state index in [1.165, 1.54) is 31.2 Å². The fraction of sp³-hybridized carbons (Fsp3) is 0.615. The number of pyridine rings is 1. The van der Waals surface area contributed by atoms with Gasteiger partial charge < -0.3 is 5.32 Å². The molecule has 1 aliphatic carbocycles. The number of nitrogens with zero attached hydrogens (tertiary/aromatic N) is 1. The van der Waals surface area contributed by atoms with Crippen LogP contribution in [-0.2, 0) is 6.54 Å². The summed E-state index contributed by atoms with van der Waals surface area (Å²) in [5.74, 6) is 0. The number of aromatic nitrogens is 1. The Balaban J connectivity index is 1.88. The summed E-state index contributed by atoms with van der Waals surface area (Å²) in [5, 5.41) is 3.84. The van der Waals surface area contributed by atoms with Crippen molar-refractivity contribution in [3.8, 4) is 0 Å². The zero-order chi connectivity index (χ0) is 12.1. The van der Waals surface area contributed by atoms with E-state index in [1.807, 2.05) is 6.20 Å². The summed E-state index contributed by atoms with van der Waals surface area (Å²) >= 11 is 9.83. The van der Waals surface area contributed by atoms with Gasteiger partial charge in [0.15, 0.2) is 0 Å². The molecule has 2 nitrogen and oxygen atoms in total. The Bertz CT molecular complexity index is 359. The molecule has 0 radical (unpaired) electrons. The first kappa shape index (κ1) is 13.3. The Morgan fingerprint density at radius 3 is 2.94 bits per heavy atom. The molecule has 0 aliphatic heterocycles. The first-order chi connectivity index (χ1) is 8.25. The van der Waals surface area contributed by atoms with Gasteiger partial charge in [0.1, 0.15) is 0 Å². The maximum Gasteiger partial charge on any atom is 0.0489 e. The van der Waals surface area contributed by atoms with E-state index in [4.69, 9.17) is 11.6 Å². The van der Waals surface area contributed by atoms with Crippen molar-refractivity contribution in [3.63, 3.8) is 0 Å². The van der Waals surface area contributed by atoms with Crippen molar-refractivity contribution in [2.24, 2.45) is 0 Å². The minimum absolute atomic E-state index is 0.276. The van der Waals surface area contributed by atoms with Crippen LogP contribution in [0.15, 0.2) is 22.9 Å². The predicted molar refractivity (Wildman–Crippen MR) is 75.3 cm³/mol. The highest BCUT2D eigenvalue weighted by Gasteiger charge is 2.20. The second kappa shape index (κ2) is 6.72. The molecule has 1 aromatic heterocycles. The number of rotatable bonds is 3. The molecule has 2 unspecified atom stereocenters. The molecule has 0 spiro atoms. The summed E-state index contributed by atoms with van der Waals surface area (Å²) in [5.41, 5.74) is 1.20. The second-order valence-corrected chi connectivity index (χ2v) is 6.13. The Kier molecular flexibility index (Phi) is 5.26. The van der Waals surface area contributed by atoms with Gasteiger partial charge in [0.05, 0.1) is 0 Å². The van der Waals surface area contributed by atoms with Crippen molar-refractivity contribution in [2.75, 3.05) is 0 Å². The lowest BCUT2D eigenvalue weighted by atomic mass is 10.1. The van der Waals surface area contributed by atoms with Crippen LogP contribution < -0.4 is 5.32 Å². The van der Waals surface area contributed by atoms with Gasteiger partial charge in [-0.3, -0.25) is 4.98 Å². The largest absolute Gasteiger partial charge is 0.308 e. The zero-order valence-corrected chi connectivity index (χ0v) is 12.2. The maximum atomic E-state index is 6.40. The molecule has 0 bridgehead atoms. The van der Waals surface area contributed by atoms with E-state index in [0.717, 1.165) is 17.4 Å². The van der Waals surface area contributed by atoms with Gasteiger partial charge in [-0.25, -0.2) is 0 Å². The van der Waals surface area contributed by atoms with Crippen molar-refractivity contribution in [2.45, 2.75) is 50.1 Å². The smallest absolute Gasteiger partial charge is 0.0489 e. The van der Waals surface area contributed by atoms with Gasteiger partial charge in [0.2, 0.25) is 0 Å². The van der Waals surface area contributed by atoms with E-state index in [-0.39, 0.29) is 5.38 Å². The van der Waals surface area contributed by atoms with E-state index < -0.39 is 0 Å². The standard InChI is InChI=1S/C13H18BrClN2/c14-11-6-10(7-16-9-11)8-17-13-5-3-1-2-4-12(13)15/h6-7,9,12-13,17H,1-5,8H2. The number of alkyl halides is 1. The van der Waals surface area contributed by atoms with Gasteiger partial charge >= 0.3 is 0 Å². The third-order valence-corrected chi connectivity index (χ3v) is 4.22. The van der Waals surface area contributed by atoms with Crippen LogP contribution in [0.1, 0.15) is 37.7 Å². The average Bonchev–Trinajstić information content (AvgIpc) is 2.52. The van der Waals surface area contributed by atoms with Crippen LogP contribution in [0.25, 0.3) is 0 Å². The molecule has 0 aromatic carbocycles. The molecule has 1 fully saturated rings. The SMILES string of the molecule is ClC1CCCCCC1NCc1cncc(Br)c1. The number of hydrogen-bond acceptors (Lipinski definition) is 2. The normalized spacial score (nSPS) is 25.5. The highest BCUT2D eigenvalue weighted by Crippen LogP contribution is 2.22. The van der Waals surface area contributed by atoms with E-state index in [9.17, 15) is 0 Å². The average molecular weight is 318 g/mol. The van der Waals surface area contributed by atoms with Crippen molar-refractivity contribution in [1.29, 1.82) is 0 Å². The molecule has 17 heavy (non-hydrogen) atoms. The lowest BCUT2D eigenvalue weighted by Gasteiger charge is -2.21. The molecule has 94 valence electrons. The zero-order valence-electron chi connectivity index (χ0n) is 9.83. The van der Waals surface area contributed by atoms with Crippen LogP contribution in [0.5, 0.6) is 0 Å². The van der Waals surface area contributed by atoms with E-state index in [0.29, 0.717) is 6.04 Å². The summed E-state index contributed by atoms with van der Waals surface area (Å²) in [7, 11) is 0. The molecule has 0 amide bonds. The maximum absolute atomic E-state index is 6.40. The topological polar surface area (TPSA) is 24.9 Å². The van der Waals surface area contributed by atoms with Crippen molar-refractivity contribution in [3.05, 3.63) is 28.5 Å². The first-order valence-corrected chi connectivity index (χ1v) is 7.45. The molecule has 1 N–H and O–H groups in total. The van der Waals surface area contributed by atoms with Crippen LogP contribution in [0.4, 0.5) is 0 Å². The molecule has 4 heteroatoms. The highest BCUT2D eigenvalue weighted by molar-refractivity contribution is 9.10. The summed E-state index contributed by atoms with van der Waals surface area (Å²) < 4.78 is 1.03. The van der Waals surface area contributed by atoms with Crippen molar-refractivity contribution < 1.29 is 0 Å². The lowest BCUT2D eigenvalue weighted by molar-refractivity contribution is 0.464. The van der Waals surface area contributed by atoms with Crippen molar-refractivity contribution in [1.82, 2.24) is 10.3 Å². The van der Waals surface area contributed by atoms with Crippen LogP contribution in [0, 0.1) is 0 Å². The number of halogens is 2. The van der Waals surface area contributed by atoms with Crippen LogP contribution >= 0.6 is 27.5 Å². The Hall–Kier alpha value is -0.120. The third-order valence-electron chi connectivity index (χ3n) is 3.26. The number of hydrogen-bond donors (Lipinski definition) is 1. The molecule has 1 heterocycles. The highest BCUT2D eigenvalue weighted by atomic mass is 79.9. The summed E-state index contributed by atoms with van der Waals surface area (Å²) in [6, 6.07) is 2.54. The van der Waals surface area contributed by atoms with Crippen LogP contribution in [-0.4, -0.2) is 16.4 Å². The predicted octanol–water partition coefficient (Wildman–Crippen LogP) is 3.87. The van der Waals surface area contributed by atoms with Gasteiger partial charge in [0, 0.05) is 34.8 Å². The minimum atomic E-state index is 0.276. The molecule has 1 saturated carbocycles. The van der Waals surface area contributed by atoms with E-state index >= 15 is 0 Å². The van der Waals surface area contributed by atoms with Crippen LogP contribution in [0.2, 0.25) is 0 Å². The monoisotopic (exact) mass is 316 g/mol. The Morgan fingerprint density at radius 2 is 2.12 bits per heavy atom. The molecular weight excluding hydrogens is 300 g/mol. The molecule has 2 atom stereocenters. The molecule has 1 aliphatic rings. The second-order valence-electron chi connectivity index (χ2n) is 4.65. The third kappa shape index (κ3) is 4.23. The molecule has 0 saturated heterocycles. The van der Waals surface area contributed by atoms with Crippen molar-refractivity contribution >= 4 is 27.5 Å². The van der Waals surface area contributed by atoms with Gasteiger partial charge in [-0.2, -0.15) is 0 Å². The fourth-order valence-corrected chi connectivity index (χ4v) is 3.08. The van der Waals surface area contributed by atoms with E-state index in [2.05, 4.69) is 32.3 Å². The quantitative estimate of drug-likeness (QED) is 0.676. The van der Waals surface area contributed by atoms with Crippen LogP contribution in [0.3, 0.4) is 0 Å². The molecular formula is C13H18BrClN2. The first-order valence-electron chi connectivity index (χ1n) is 6.22. The Morgan fingerprint density at radius 1 is 1.29 bits per heavy atom. The summed E-state index contributed by atoms with van der Waals surface area (Å²) in [6.07, 6.45) is 9.91. The molecule has 2 rings (SSSR count). The minimum Gasteiger partial charge on any atom is -0.308 e. The summed E-state index contributed by atoms with van der Waals surface area (Å²) in [4.78, 5) is 4.17. The fourth-order valence-electron chi connectivity index (χ4n) is 2.29. The lowest BCUT2D eigenvalue weighted by Crippen LogP contribution is -2.35. The number of nitrogens with one attached hydrogen (secondary N) is 1. The van der Waals surface area contributed by atoms with Gasteiger partial charge in [-0.1, -0.05) is 19.3 Å². The summed E-state index contributed by atoms with van der Waals surface area (Å²) in [6.45, 7) is 0.848. The van der Waals surface area contributed by atoms with Gasteiger partial charge in [-0.15, -0.1) is 11.6 Å². The van der Waals surface area contributed by atoms with Gasteiger partial charge in [0.25, 0.3) is 0 Å². The van der Waals surface area contributed by atoms with E-state index in [1.54, 1.807) is 6.20 Å². The Labute approximate surface area is 116 Å².